The maximum Gasteiger partial charge on any atom is 0.410 e. The van der Waals surface area contributed by atoms with Gasteiger partial charge in [0, 0.05) is 11.1 Å². The minimum Gasteiger partial charge on any atom is -0.445 e. The van der Waals surface area contributed by atoms with E-state index in [4.69, 9.17) is 16.3 Å². The van der Waals surface area contributed by atoms with Gasteiger partial charge in [0.1, 0.15) is 6.61 Å². The monoisotopic (exact) mass is 353 g/mol. The molecule has 1 amide bonds. The van der Waals surface area contributed by atoms with Gasteiger partial charge < -0.3 is 4.74 Å². The van der Waals surface area contributed by atoms with Gasteiger partial charge in [0.2, 0.25) is 0 Å². The van der Waals surface area contributed by atoms with Gasteiger partial charge in [0.05, 0.1) is 6.04 Å². The molecule has 0 aromatic heterocycles. The van der Waals surface area contributed by atoms with Crippen molar-refractivity contribution >= 4 is 23.3 Å². The summed E-state index contributed by atoms with van der Waals surface area (Å²) in [6, 6.07) is 18.1. The molecule has 2 aliphatic rings. The van der Waals surface area contributed by atoms with Gasteiger partial charge in [-0.1, -0.05) is 60.1 Å². The zero-order valence-electron chi connectivity index (χ0n) is 13.9. The highest BCUT2D eigenvalue weighted by Gasteiger charge is 2.40. The van der Waals surface area contributed by atoms with Gasteiger partial charge in [-0.3, -0.25) is 4.90 Å². The van der Waals surface area contributed by atoms with Crippen molar-refractivity contribution in [3.05, 3.63) is 76.8 Å². The molecule has 4 rings (SSSR count). The summed E-state index contributed by atoms with van der Waals surface area (Å²) in [4.78, 5) is 14.5. The van der Waals surface area contributed by atoms with E-state index in [0.717, 1.165) is 29.8 Å². The Balaban J connectivity index is 1.46. The van der Waals surface area contributed by atoms with E-state index in [1.54, 1.807) is 0 Å². The van der Waals surface area contributed by atoms with Gasteiger partial charge in [0.25, 0.3) is 0 Å². The van der Waals surface area contributed by atoms with Gasteiger partial charge in [-0.15, -0.1) is 0 Å². The summed E-state index contributed by atoms with van der Waals surface area (Å²) in [6.45, 7) is 0.323. The molecule has 2 heterocycles. The van der Waals surface area contributed by atoms with E-state index in [0.29, 0.717) is 6.61 Å². The molecule has 25 heavy (non-hydrogen) atoms. The maximum absolute atomic E-state index is 12.6. The molecule has 0 radical (unpaired) electrons. The molecule has 0 saturated carbocycles. The topological polar surface area (TPSA) is 29.5 Å². The number of amides is 1. The Kier molecular flexibility index (Phi) is 4.50. The lowest BCUT2D eigenvalue weighted by Crippen LogP contribution is -2.43. The second kappa shape index (κ2) is 6.93. The third-order valence-corrected chi connectivity index (χ3v) is 5.28. The summed E-state index contributed by atoms with van der Waals surface area (Å²) in [7, 11) is 0. The molecule has 4 heteroatoms. The number of halogens is 1. The Morgan fingerprint density at radius 3 is 2.56 bits per heavy atom. The smallest absolute Gasteiger partial charge is 0.410 e. The SMILES string of the molecule is O=C(OCc1ccccc1)N1C2C=C(c3ccc(Cl)cc3)CC1CC2. The quantitative estimate of drug-likeness (QED) is 0.749. The minimum absolute atomic E-state index is 0.132. The van der Waals surface area contributed by atoms with Crippen LogP contribution in [0.2, 0.25) is 5.02 Å². The summed E-state index contributed by atoms with van der Waals surface area (Å²) < 4.78 is 5.55. The first kappa shape index (κ1) is 16.2. The lowest BCUT2D eigenvalue weighted by atomic mass is 9.95. The normalized spacial score (nSPS) is 21.8. The van der Waals surface area contributed by atoms with E-state index in [1.807, 2.05) is 47.4 Å². The van der Waals surface area contributed by atoms with E-state index in [-0.39, 0.29) is 18.2 Å². The van der Waals surface area contributed by atoms with Crippen LogP contribution in [0.5, 0.6) is 0 Å². The van der Waals surface area contributed by atoms with Crippen molar-refractivity contribution in [3.63, 3.8) is 0 Å². The number of rotatable bonds is 3. The Labute approximate surface area is 152 Å². The van der Waals surface area contributed by atoms with Crippen molar-refractivity contribution in [2.45, 2.75) is 38.0 Å². The van der Waals surface area contributed by atoms with Gasteiger partial charge in [-0.25, -0.2) is 4.79 Å². The second-order valence-electron chi connectivity index (χ2n) is 6.65. The zero-order chi connectivity index (χ0) is 17.2. The summed E-state index contributed by atoms with van der Waals surface area (Å²) >= 11 is 5.98. The second-order valence-corrected chi connectivity index (χ2v) is 7.09. The van der Waals surface area contributed by atoms with Crippen molar-refractivity contribution in [3.8, 4) is 0 Å². The van der Waals surface area contributed by atoms with E-state index in [1.165, 1.54) is 11.1 Å². The fourth-order valence-corrected chi connectivity index (χ4v) is 3.91. The molecule has 0 spiro atoms. The number of benzene rings is 2. The van der Waals surface area contributed by atoms with Crippen LogP contribution < -0.4 is 0 Å². The van der Waals surface area contributed by atoms with Crippen molar-refractivity contribution < 1.29 is 9.53 Å². The Morgan fingerprint density at radius 2 is 1.84 bits per heavy atom. The first-order valence-corrected chi connectivity index (χ1v) is 9.04. The largest absolute Gasteiger partial charge is 0.445 e. The highest BCUT2D eigenvalue weighted by atomic mass is 35.5. The average molecular weight is 354 g/mol. The number of hydrogen-bond donors (Lipinski definition) is 0. The third kappa shape index (κ3) is 3.42. The molecule has 2 aliphatic heterocycles. The van der Waals surface area contributed by atoms with Crippen LogP contribution in [0.4, 0.5) is 4.79 Å². The molecule has 128 valence electrons. The molecule has 0 aliphatic carbocycles. The maximum atomic E-state index is 12.6. The van der Waals surface area contributed by atoms with Crippen LogP contribution in [0.15, 0.2) is 60.7 Å². The first-order chi connectivity index (χ1) is 12.2. The van der Waals surface area contributed by atoms with Gasteiger partial charge >= 0.3 is 6.09 Å². The molecule has 1 fully saturated rings. The average Bonchev–Trinajstić information content (AvgIpc) is 2.91. The molecule has 3 nitrogen and oxygen atoms in total. The fraction of sp³-hybridized carbons (Fsp3) is 0.286. The summed E-state index contributed by atoms with van der Waals surface area (Å²) in [5, 5.41) is 0.745. The van der Waals surface area contributed by atoms with Crippen LogP contribution in [0.25, 0.3) is 5.57 Å². The number of carbonyl (C=O) groups excluding carboxylic acids is 1. The molecule has 2 aromatic carbocycles. The number of nitrogens with zero attached hydrogens (tertiary/aromatic N) is 1. The van der Waals surface area contributed by atoms with E-state index in [9.17, 15) is 4.79 Å². The van der Waals surface area contributed by atoms with Crippen LogP contribution in [-0.4, -0.2) is 23.1 Å². The van der Waals surface area contributed by atoms with Crippen LogP contribution in [0.1, 0.15) is 30.4 Å². The summed E-state index contributed by atoms with van der Waals surface area (Å²) in [6.07, 6.45) is 4.92. The predicted molar refractivity (Wildman–Crippen MR) is 99.3 cm³/mol. The van der Waals surface area contributed by atoms with E-state index < -0.39 is 0 Å². The zero-order valence-corrected chi connectivity index (χ0v) is 14.7. The van der Waals surface area contributed by atoms with Crippen LogP contribution in [0, 0.1) is 0 Å². The standard InChI is InChI=1S/C21H20ClNO2/c22-18-8-6-16(7-9-18)17-12-19-10-11-20(13-17)23(19)21(24)25-14-15-4-2-1-3-5-15/h1-9,12,19-20H,10-11,13-14H2. The predicted octanol–water partition coefficient (Wildman–Crippen LogP) is 5.30. The summed E-state index contributed by atoms with van der Waals surface area (Å²) in [5.74, 6) is 0. The van der Waals surface area contributed by atoms with Crippen molar-refractivity contribution in [2.75, 3.05) is 0 Å². The molecule has 2 bridgehead atoms. The first-order valence-electron chi connectivity index (χ1n) is 8.66. The number of hydrogen-bond acceptors (Lipinski definition) is 2. The molecular formula is C21H20ClNO2. The fourth-order valence-electron chi connectivity index (χ4n) is 3.79. The van der Waals surface area contributed by atoms with E-state index >= 15 is 0 Å². The third-order valence-electron chi connectivity index (χ3n) is 5.03. The van der Waals surface area contributed by atoms with E-state index in [2.05, 4.69) is 18.2 Å². The van der Waals surface area contributed by atoms with Crippen LogP contribution in [0.3, 0.4) is 0 Å². The van der Waals surface area contributed by atoms with Crippen molar-refractivity contribution in [1.82, 2.24) is 4.90 Å². The van der Waals surface area contributed by atoms with Crippen LogP contribution in [-0.2, 0) is 11.3 Å². The Morgan fingerprint density at radius 1 is 1.08 bits per heavy atom. The van der Waals surface area contributed by atoms with Crippen molar-refractivity contribution in [2.24, 2.45) is 0 Å². The number of ether oxygens (including phenoxy) is 1. The Bertz CT molecular complexity index is 785. The van der Waals surface area contributed by atoms with Crippen LogP contribution >= 0.6 is 11.6 Å². The lowest BCUT2D eigenvalue weighted by molar-refractivity contribution is 0.0832. The highest BCUT2D eigenvalue weighted by molar-refractivity contribution is 6.30. The van der Waals surface area contributed by atoms with Gasteiger partial charge in [0.15, 0.2) is 0 Å². The number of carbonyl (C=O) groups is 1. The molecule has 0 N–H and O–H groups in total. The molecule has 2 aromatic rings. The van der Waals surface area contributed by atoms with Gasteiger partial charge in [-0.2, -0.15) is 0 Å². The summed E-state index contributed by atoms with van der Waals surface area (Å²) in [5.41, 5.74) is 3.51. The van der Waals surface area contributed by atoms with Gasteiger partial charge in [-0.05, 0) is 48.1 Å². The van der Waals surface area contributed by atoms with Crippen molar-refractivity contribution in [1.29, 1.82) is 0 Å². The molecule has 1 saturated heterocycles. The lowest BCUT2D eigenvalue weighted by Gasteiger charge is -2.33. The molecule has 2 unspecified atom stereocenters. The number of fused-ring (bicyclic) bond motifs is 2. The minimum atomic E-state index is -0.206. The molecular weight excluding hydrogens is 334 g/mol. The highest BCUT2D eigenvalue weighted by Crippen LogP contribution is 2.39. The molecule has 2 atom stereocenters. The Hall–Kier alpha value is -2.26.